The second kappa shape index (κ2) is 6.83. The van der Waals surface area contributed by atoms with Gasteiger partial charge in [0.25, 0.3) is 0 Å². The van der Waals surface area contributed by atoms with E-state index >= 15 is 0 Å². The summed E-state index contributed by atoms with van der Waals surface area (Å²) in [6, 6.07) is 2.79. The molecule has 120 valence electrons. The molecule has 1 aliphatic heterocycles. The molecule has 7 heteroatoms. The van der Waals surface area contributed by atoms with E-state index in [2.05, 4.69) is 0 Å². The number of morpholine rings is 1. The maximum atomic E-state index is 13.8. The van der Waals surface area contributed by atoms with Gasteiger partial charge in [-0.15, -0.1) is 0 Å². The van der Waals surface area contributed by atoms with Gasteiger partial charge in [0.15, 0.2) is 0 Å². The third kappa shape index (κ3) is 3.41. The summed E-state index contributed by atoms with van der Waals surface area (Å²) in [5.74, 6) is -4.17. The number of amides is 1. The van der Waals surface area contributed by atoms with Gasteiger partial charge in [-0.3, -0.25) is 9.59 Å². The van der Waals surface area contributed by atoms with Gasteiger partial charge in [0.2, 0.25) is 5.91 Å². The van der Waals surface area contributed by atoms with E-state index in [0.29, 0.717) is 0 Å². The predicted molar refractivity (Wildman–Crippen MR) is 73.3 cm³/mol. The third-order valence-corrected chi connectivity index (χ3v) is 3.72. The second-order valence-electron chi connectivity index (χ2n) is 5.22. The van der Waals surface area contributed by atoms with E-state index in [1.807, 2.05) is 0 Å². The minimum absolute atomic E-state index is 0.102. The molecule has 1 aromatic rings. The molecule has 0 radical (unpaired) electrons. The smallest absolute Gasteiger partial charge is 0.305 e. The van der Waals surface area contributed by atoms with Gasteiger partial charge in [0, 0.05) is 12.1 Å². The lowest BCUT2D eigenvalue weighted by atomic mass is 9.97. The van der Waals surface area contributed by atoms with Crippen molar-refractivity contribution in [2.24, 2.45) is 0 Å². The first kappa shape index (κ1) is 16.4. The van der Waals surface area contributed by atoms with Crippen LogP contribution >= 0.6 is 0 Å². The van der Waals surface area contributed by atoms with Gasteiger partial charge in [-0.1, -0.05) is 6.07 Å². The van der Waals surface area contributed by atoms with Crippen LogP contribution in [0.25, 0.3) is 0 Å². The summed E-state index contributed by atoms with van der Waals surface area (Å²) in [6.07, 6.45) is -0.266. The van der Waals surface area contributed by atoms with E-state index in [0.717, 1.165) is 12.1 Å². The number of halogens is 2. The normalized spacial score (nSPS) is 19.8. The largest absolute Gasteiger partial charge is 0.481 e. The Hall–Kier alpha value is -2.02. The van der Waals surface area contributed by atoms with Crippen molar-refractivity contribution in [2.75, 3.05) is 19.8 Å². The van der Waals surface area contributed by atoms with Crippen LogP contribution in [0.5, 0.6) is 0 Å². The molecule has 5 nitrogen and oxygen atoms in total. The van der Waals surface area contributed by atoms with Crippen LogP contribution in [-0.2, 0) is 14.3 Å². The Bertz CT molecular complexity index is 558. The van der Waals surface area contributed by atoms with Crippen LogP contribution in [0.3, 0.4) is 0 Å². The van der Waals surface area contributed by atoms with Gasteiger partial charge >= 0.3 is 5.97 Å². The summed E-state index contributed by atoms with van der Waals surface area (Å²) in [5.41, 5.74) is -0.298. The molecule has 1 amide bonds. The topological polar surface area (TPSA) is 66.8 Å². The molecular formula is C15H17F2NO4. The number of hydrogen-bond acceptors (Lipinski definition) is 3. The van der Waals surface area contributed by atoms with Crippen molar-refractivity contribution in [3.63, 3.8) is 0 Å². The first-order chi connectivity index (χ1) is 10.4. The summed E-state index contributed by atoms with van der Waals surface area (Å²) >= 11 is 0. The highest BCUT2D eigenvalue weighted by Gasteiger charge is 2.33. The number of rotatable bonds is 4. The molecule has 2 atom stereocenters. The lowest BCUT2D eigenvalue weighted by molar-refractivity contribution is -0.147. The first-order valence-electron chi connectivity index (χ1n) is 6.95. The lowest BCUT2D eigenvalue weighted by Gasteiger charge is -2.36. The Balaban J connectivity index is 2.23. The first-order valence-corrected chi connectivity index (χ1v) is 6.95. The van der Waals surface area contributed by atoms with Crippen molar-refractivity contribution in [1.82, 2.24) is 4.90 Å². The third-order valence-electron chi connectivity index (χ3n) is 3.72. The van der Waals surface area contributed by atoms with Crippen molar-refractivity contribution >= 4 is 11.9 Å². The molecule has 1 aromatic carbocycles. The highest BCUT2D eigenvalue weighted by atomic mass is 19.1. The number of carbonyl (C=O) groups excluding carboxylic acids is 1. The second-order valence-corrected chi connectivity index (χ2v) is 5.22. The van der Waals surface area contributed by atoms with Crippen LogP contribution in [0.2, 0.25) is 0 Å². The Kier molecular flexibility index (Phi) is 5.07. The number of carbonyl (C=O) groups is 2. The quantitative estimate of drug-likeness (QED) is 0.920. The fourth-order valence-corrected chi connectivity index (χ4v) is 2.61. The fourth-order valence-electron chi connectivity index (χ4n) is 2.61. The van der Waals surface area contributed by atoms with Crippen LogP contribution in [0.15, 0.2) is 18.2 Å². The molecule has 1 heterocycles. The predicted octanol–water partition coefficient (Wildman–Crippen LogP) is 1.77. The van der Waals surface area contributed by atoms with Gasteiger partial charge in [-0.05, 0) is 19.1 Å². The molecular weight excluding hydrogens is 296 g/mol. The average molecular weight is 313 g/mol. The number of nitrogens with zero attached hydrogens (tertiary/aromatic N) is 1. The number of carboxylic acid groups (broad SMARTS) is 1. The molecule has 2 unspecified atom stereocenters. The molecule has 0 aliphatic carbocycles. The zero-order chi connectivity index (χ0) is 16.3. The van der Waals surface area contributed by atoms with E-state index in [9.17, 15) is 18.4 Å². The van der Waals surface area contributed by atoms with E-state index in [1.165, 1.54) is 17.9 Å². The monoisotopic (exact) mass is 313 g/mol. The Labute approximate surface area is 126 Å². The highest BCUT2D eigenvalue weighted by molar-refractivity contribution is 5.84. The number of benzene rings is 1. The SMILES string of the molecule is CC(C(=O)N1CCOCC1CC(=O)O)c1c(F)cccc1F. The average Bonchev–Trinajstić information content (AvgIpc) is 2.46. The summed E-state index contributed by atoms with van der Waals surface area (Å²) in [5, 5.41) is 8.90. The maximum absolute atomic E-state index is 13.8. The van der Waals surface area contributed by atoms with Gasteiger partial charge in [-0.25, -0.2) is 8.78 Å². The molecule has 0 aromatic heterocycles. The molecule has 1 fully saturated rings. The van der Waals surface area contributed by atoms with Crippen LogP contribution in [0.4, 0.5) is 8.78 Å². The van der Waals surface area contributed by atoms with Crippen LogP contribution in [-0.4, -0.2) is 47.7 Å². The van der Waals surface area contributed by atoms with Crippen molar-refractivity contribution in [3.8, 4) is 0 Å². The van der Waals surface area contributed by atoms with Crippen molar-refractivity contribution in [2.45, 2.75) is 25.3 Å². The summed E-state index contributed by atoms with van der Waals surface area (Å²) in [6.45, 7) is 1.99. The number of carboxylic acids is 1. The molecule has 22 heavy (non-hydrogen) atoms. The van der Waals surface area contributed by atoms with E-state index in [1.54, 1.807) is 0 Å². The van der Waals surface area contributed by atoms with Gasteiger partial charge < -0.3 is 14.7 Å². The zero-order valence-corrected chi connectivity index (χ0v) is 12.1. The van der Waals surface area contributed by atoms with Crippen molar-refractivity contribution < 1.29 is 28.2 Å². The minimum Gasteiger partial charge on any atom is -0.481 e. The molecule has 0 saturated carbocycles. The number of aliphatic carboxylic acids is 1. The van der Waals surface area contributed by atoms with E-state index < -0.39 is 35.5 Å². The van der Waals surface area contributed by atoms with Gasteiger partial charge in [0.05, 0.1) is 31.6 Å². The Morgan fingerprint density at radius 3 is 2.64 bits per heavy atom. The molecule has 1 N–H and O–H groups in total. The van der Waals surface area contributed by atoms with Crippen LogP contribution < -0.4 is 0 Å². The Morgan fingerprint density at radius 1 is 1.41 bits per heavy atom. The standard InChI is InChI=1S/C15H17F2NO4/c1-9(14-11(16)3-2-4-12(14)17)15(21)18-5-6-22-8-10(18)7-13(19)20/h2-4,9-10H,5-8H2,1H3,(H,19,20). The number of ether oxygens (including phenoxy) is 1. The summed E-state index contributed by atoms with van der Waals surface area (Å²) < 4.78 is 32.8. The molecule has 1 saturated heterocycles. The van der Waals surface area contributed by atoms with E-state index in [-0.39, 0.29) is 31.7 Å². The summed E-state index contributed by atoms with van der Waals surface area (Å²) in [4.78, 5) is 24.8. The van der Waals surface area contributed by atoms with E-state index in [4.69, 9.17) is 9.84 Å². The maximum Gasteiger partial charge on any atom is 0.305 e. The summed E-state index contributed by atoms with van der Waals surface area (Å²) in [7, 11) is 0. The lowest BCUT2D eigenvalue weighted by Crippen LogP contribution is -2.51. The molecule has 1 aliphatic rings. The van der Waals surface area contributed by atoms with Crippen molar-refractivity contribution in [1.29, 1.82) is 0 Å². The van der Waals surface area contributed by atoms with Gasteiger partial charge in [-0.2, -0.15) is 0 Å². The van der Waals surface area contributed by atoms with Crippen molar-refractivity contribution in [3.05, 3.63) is 35.4 Å². The van der Waals surface area contributed by atoms with Gasteiger partial charge in [0.1, 0.15) is 11.6 Å². The van der Waals surface area contributed by atoms with Crippen LogP contribution in [0.1, 0.15) is 24.8 Å². The minimum atomic E-state index is -1.06. The molecule has 0 spiro atoms. The Morgan fingerprint density at radius 2 is 2.05 bits per heavy atom. The number of hydrogen-bond donors (Lipinski definition) is 1. The fraction of sp³-hybridized carbons (Fsp3) is 0.467. The highest BCUT2D eigenvalue weighted by Crippen LogP contribution is 2.26. The van der Waals surface area contributed by atoms with Crippen LogP contribution in [0, 0.1) is 11.6 Å². The molecule has 2 rings (SSSR count). The zero-order valence-electron chi connectivity index (χ0n) is 12.1. The molecule has 0 bridgehead atoms.